The molecule has 0 aliphatic carbocycles. The average molecular weight is 337 g/mol. The lowest BCUT2D eigenvalue weighted by Crippen LogP contribution is -2.36. The predicted octanol–water partition coefficient (Wildman–Crippen LogP) is 3.16. The van der Waals surface area contributed by atoms with Gasteiger partial charge in [-0.1, -0.05) is 18.2 Å². The van der Waals surface area contributed by atoms with Crippen molar-refractivity contribution in [3.63, 3.8) is 0 Å². The third-order valence-corrected chi connectivity index (χ3v) is 4.63. The minimum atomic E-state index is -0.152. The molecule has 1 aromatic carbocycles. The second kappa shape index (κ2) is 7.47. The van der Waals surface area contributed by atoms with Gasteiger partial charge >= 0.3 is 0 Å². The molecule has 5 heteroatoms. The smallest absolute Gasteiger partial charge is 0.276 e. The molecule has 0 atom stereocenters. The zero-order chi connectivity index (χ0) is 17.8. The molecule has 1 aliphatic heterocycles. The quantitative estimate of drug-likeness (QED) is 0.861. The van der Waals surface area contributed by atoms with Gasteiger partial charge in [-0.25, -0.2) is 0 Å². The Balaban J connectivity index is 1.89. The number of hydrogen-bond acceptors (Lipinski definition) is 3. The van der Waals surface area contributed by atoms with Gasteiger partial charge in [0, 0.05) is 37.1 Å². The van der Waals surface area contributed by atoms with E-state index < -0.39 is 0 Å². The van der Waals surface area contributed by atoms with Gasteiger partial charge in [0.15, 0.2) is 0 Å². The van der Waals surface area contributed by atoms with Crippen LogP contribution < -0.4 is 4.90 Å². The Morgan fingerprint density at radius 3 is 2.68 bits per heavy atom. The fourth-order valence-corrected chi connectivity index (χ4v) is 3.26. The van der Waals surface area contributed by atoms with Gasteiger partial charge < -0.3 is 9.80 Å². The molecule has 25 heavy (non-hydrogen) atoms. The van der Waals surface area contributed by atoms with Crippen molar-refractivity contribution in [1.29, 1.82) is 0 Å². The number of hydrogen-bond donors (Lipinski definition) is 0. The minimum Gasteiger partial charge on any atom is -0.339 e. The lowest BCUT2D eigenvalue weighted by atomic mass is 10.0. The highest BCUT2D eigenvalue weighted by Crippen LogP contribution is 2.27. The zero-order valence-electron chi connectivity index (χ0n) is 14.7. The van der Waals surface area contributed by atoms with E-state index in [-0.39, 0.29) is 11.8 Å². The summed E-state index contributed by atoms with van der Waals surface area (Å²) in [5.41, 5.74) is 2.94. The summed E-state index contributed by atoms with van der Waals surface area (Å²) in [4.78, 5) is 33.2. The van der Waals surface area contributed by atoms with Gasteiger partial charge in [0.25, 0.3) is 11.8 Å². The third kappa shape index (κ3) is 3.40. The Morgan fingerprint density at radius 2 is 1.92 bits per heavy atom. The SMILES string of the molecule is CCN(CC)C(=O)c1ccnc(C(=O)N2CCCc3ccccc32)c1. The summed E-state index contributed by atoms with van der Waals surface area (Å²) in [5, 5.41) is 0. The van der Waals surface area contributed by atoms with Crippen LogP contribution in [0.25, 0.3) is 0 Å². The molecular weight excluding hydrogens is 314 g/mol. The first-order chi connectivity index (χ1) is 12.2. The Kier molecular flexibility index (Phi) is 5.12. The van der Waals surface area contributed by atoms with Crippen molar-refractivity contribution in [2.45, 2.75) is 26.7 Å². The highest BCUT2D eigenvalue weighted by atomic mass is 16.2. The molecule has 2 amide bonds. The number of rotatable bonds is 4. The molecule has 5 nitrogen and oxygen atoms in total. The summed E-state index contributed by atoms with van der Waals surface area (Å²) in [5.74, 6) is -0.221. The molecular formula is C20H23N3O2. The van der Waals surface area contributed by atoms with Crippen LogP contribution in [0.5, 0.6) is 0 Å². The molecule has 130 valence electrons. The monoisotopic (exact) mass is 337 g/mol. The molecule has 0 unspecified atom stereocenters. The van der Waals surface area contributed by atoms with Crippen LogP contribution in [0.15, 0.2) is 42.6 Å². The number of para-hydroxylation sites is 1. The summed E-state index contributed by atoms with van der Waals surface area (Å²) >= 11 is 0. The van der Waals surface area contributed by atoms with E-state index in [4.69, 9.17) is 0 Å². The molecule has 0 bridgehead atoms. The van der Waals surface area contributed by atoms with Crippen LogP contribution in [0.1, 0.15) is 46.7 Å². The van der Waals surface area contributed by atoms with E-state index >= 15 is 0 Å². The number of aryl methyl sites for hydroxylation is 1. The van der Waals surface area contributed by atoms with Gasteiger partial charge in [0.2, 0.25) is 0 Å². The largest absolute Gasteiger partial charge is 0.339 e. The second-order valence-electron chi connectivity index (χ2n) is 6.10. The topological polar surface area (TPSA) is 53.5 Å². The number of pyridine rings is 1. The number of carbonyl (C=O) groups excluding carboxylic acids is 2. The maximum Gasteiger partial charge on any atom is 0.276 e. The normalized spacial score (nSPS) is 13.3. The van der Waals surface area contributed by atoms with Crippen LogP contribution in [-0.2, 0) is 6.42 Å². The maximum absolute atomic E-state index is 13.0. The zero-order valence-corrected chi connectivity index (χ0v) is 14.7. The molecule has 1 aliphatic rings. The van der Waals surface area contributed by atoms with E-state index in [1.807, 2.05) is 32.0 Å². The molecule has 0 fully saturated rings. The van der Waals surface area contributed by atoms with Crippen LogP contribution in [0.2, 0.25) is 0 Å². The van der Waals surface area contributed by atoms with Crippen LogP contribution in [0.4, 0.5) is 5.69 Å². The van der Waals surface area contributed by atoms with Gasteiger partial charge in [0.1, 0.15) is 5.69 Å². The Labute approximate surface area is 148 Å². The number of nitrogens with zero attached hydrogens (tertiary/aromatic N) is 3. The van der Waals surface area contributed by atoms with Crippen LogP contribution >= 0.6 is 0 Å². The van der Waals surface area contributed by atoms with Crippen molar-refractivity contribution in [2.75, 3.05) is 24.5 Å². The standard InChI is InChI=1S/C20H23N3O2/c1-3-22(4-2)19(24)16-11-12-21-17(14-16)20(25)23-13-7-9-15-8-5-6-10-18(15)23/h5-6,8,10-12,14H,3-4,7,9,13H2,1-2H3. The number of benzene rings is 1. The summed E-state index contributed by atoms with van der Waals surface area (Å²) < 4.78 is 0. The number of aromatic nitrogens is 1. The Morgan fingerprint density at radius 1 is 1.16 bits per heavy atom. The molecule has 0 radical (unpaired) electrons. The van der Waals surface area contributed by atoms with Gasteiger partial charge in [-0.2, -0.15) is 0 Å². The fraction of sp³-hybridized carbons (Fsp3) is 0.350. The predicted molar refractivity (Wildman–Crippen MR) is 97.9 cm³/mol. The third-order valence-electron chi connectivity index (χ3n) is 4.63. The van der Waals surface area contributed by atoms with Crippen molar-refractivity contribution in [2.24, 2.45) is 0 Å². The molecule has 0 saturated carbocycles. The fourth-order valence-electron chi connectivity index (χ4n) is 3.26. The number of anilines is 1. The van der Waals surface area contributed by atoms with E-state index in [1.165, 1.54) is 5.56 Å². The first kappa shape index (κ1) is 17.1. The van der Waals surface area contributed by atoms with Gasteiger partial charge in [-0.05, 0) is 50.5 Å². The number of carbonyl (C=O) groups is 2. The van der Waals surface area contributed by atoms with Gasteiger partial charge in [-0.15, -0.1) is 0 Å². The van der Waals surface area contributed by atoms with E-state index in [0.29, 0.717) is 30.9 Å². The maximum atomic E-state index is 13.0. The van der Waals surface area contributed by atoms with Crippen LogP contribution in [0, 0.1) is 0 Å². The first-order valence-corrected chi connectivity index (χ1v) is 8.80. The van der Waals surface area contributed by atoms with E-state index in [1.54, 1.807) is 28.1 Å². The van der Waals surface area contributed by atoms with E-state index in [9.17, 15) is 9.59 Å². The molecule has 3 rings (SSSR count). The van der Waals surface area contributed by atoms with Crippen molar-refractivity contribution in [1.82, 2.24) is 9.88 Å². The van der Waals surface area contributed by atoms with Crippen LogP contribution in [0.3, 0.4) is 0 Å². The number of amides is 2. The van der Waals surface area contributed by atoms with Crippen molar-refractivity contribution in [3.8, 4) is 0 Å². The molecule has 0 N–H and O–H groups in total. The molecule has 0 spiro atoms. The minimum absolute atomic E-state index is 0.0690. The van der Waals surface area contributed by atoms with E-state index in [0.717, 1.165) is 18.5 Å². The molecule has 1 aromatic heterocycles. The van der Waals surface area contributed by atoms with Crippen molar-refractivity contribution in [3.05, 3.63) is 59.4 Å². The van der Waals surface area contributed by atoms with Crippen molar-refractivity contribution >= 4 is 17.5 Å². The lowest BCUT2D eigenvalue weighted by Gasteiger charge is -2.29. The van der Waals surface area contributed by atoms with Gasteiger partial charge in [0.05, 0.1) is 0 Å². The molecule has 2 heterocycles. The highest BCUT2D eigenvalue weighted by Gasteiger charge is 2.25. The Bertz CT molecular complexity index is 784. The summed E-state index contributed by atoms with van der Waals surface area (Å²) in [7, 11) is 0. The average Bonchev–Trinajstić information content (AvgIpc) is 2.68. The summed E-state index contributed by atoms with van der Waals surface area (Å²) in [6, 6.07) is 11.2. The molecule has 0 saturated heterocycles. The summed E-state index contributed by atoms with van der Waals surface area (Å²) in [6.07, 6.45) is 3.45. The number of fused-ring (bicyclic) bond motifs is 1. The van der Waals surface area contributed by atoms with Crippen molar-refractivity contribution < 1.29 is 9.59 Å². The Hall–Kier alpha value is -2.69. The van der Waals surface area contributed by atoms with Crippen LogP contribution in [-0.4, -0.2) is 41.3 Å². The lowest BCUT2D eigenvalue weighted by molar-refractivity contribution is 0.0773. The second-order valence-corrected chi connectivity index (χ2v) is 6.10. The first-order valence-electron chi connectivity index (χ1n) is 8.80. The van der Waals surface area contributed by atoms with E-state index in [2.05, 4.69) is 11.1 Å². The molecule has 2 aromatic rings. The summed E-state index contributed by atoms with van der Waals surface area (Å²) in [6.45, 7) is 5.84. The van der Waals surface area contributed by atoms with Gasteiger partial charge in [-0.3, -0.25) is 14.6 Å². The highest BCUT2D eigenvalue weighted by molar-refractivity contribution is 6.07.